The fraction of sp³-hybridized carbons (Fsp3) is 0.294. The molecule has 1 aromatic rings. The van der Waals surface area contributed by atoms with Crippen LogP contribution in [0.1, 0.15) is 31.7 Å². The standard InChI is InChI=1S/C10H12O2.C7H8/c1-2-3-4-8-7-9(11)5-6-10(8)12;1-7-5-3-2-4-6-7/h5-7H,2-4H2,1H3;2-6H,1H3. The molecule has 0 saturated carbocycles. The van der Waals surface area contributed by atoms with Crippen LogP contribution in [-0.2, 0) is 9.59 Å². The summed E-state index contributed by atoms with van der Waals surface area (Å²) in [6.07, 6.45) is 6.86. The lowest BCUT2D eigenvalue weighted by Crippen LogP contribution is -2.07. The molecule has 0 heterocycles. The van der Waals surface area contributed by atoms with Gasteiger partial charge in [-0.1, -0.05) is 49.2 Å². The van der Waals surface area contributed by atoms with Gasteiger partial charge in [-0.05, 0) is 38.0 Å². The lowest BCUT2D eigenvalue weighted by molar-refractivity contribution is -0.114. The number of hydrogen-bond donors (Lipinski definition) is 0. The van der Waals surface area contributed by atoms with Crippen molar-refractivity contribution < 1.29 is 9.59 Å². The van der Waals surface area contributed by atoms with Crippen LogP contribution in [0.15, 0.2) is 54.1 Å². The van der Waals surface area contributed by atoms with E-state index in [2.05, 4.69) is 26.0 Å². The van der Waals surface area contributed by atoms with Gasteiger partial charge in [0, 0.05) is 5.57 Å². The molecule has 0 saturated heterocycles. The van der Waals surface area contributed by atoms with E-state index in [9.17, 15) is 9.59 Å². The zero-order chi connectivity index (χ0) is 14.1. The first-order valence-electron chi connectivity index (χ1n) is 6.62. The molecule has 0 fully saturated rings. The summed E-state index contributed by atoms with van der Waals surface area (Å²) in [7, 11) is 0. The molecular weight excluding hydrogens is 236 g/mol. The van der Waals surface area contributed by atoms with Gasteiger partial charge in [0.25, 0.3) is 0 Å². The van der Waals surface area contributed by atoms with Gasteiger partial charge in [-0.25, -0.2) is 0 Å². The third kappa shape index (κ3) is 5.96. The molecule has 1 aromatic carbocycles. The molecule has 1 aliphatic rings. The van der Waals surface area contributed by atoms with Crippen LogP contribution in [0.5, 0.6) is 0 Å². The van der Waals surface area contributed by atoms with Crippen LogP contribution in [0.4, 0.5) is 0 Å². The van der Waals surface area contributed by atoms with Crippen LogP contribution < -0.4 is 0 Å². The summed E-state index contributed by atoms with van der Waals surface area (Å²) in [4.78, 5) is 22.0. The van der Waals surface area contributed by atoms with Crippen LogP contribution in [0.3, 0.4) is 0 Å². The zero-order valence-electron chi connectivity index (χ0n) is 11.6. The number of allylic oxidation sites excluding steroid dienone is 4. The fourth-order valence-corrected chi connectivity index (χ4v) is 1.65. The Morgan fingerprint density at radius 3 is 2.21 bits per heavy atom. The Bertz CT molecular complexity index is 481. The van der Waals surface area contributed by atoms with Crippen molar-refractivity contribution in [3.05, 3.63) is 59.7 Å². The third-order valence-electron chi connectivity index (χ3n) is 2.77. The second-order valence-electron chi connectivity index (χ2n) is 4.53. The third-order valence-corrected chi connectivity index (χ3v) is 2.77. The van der Waals surface area contributed by atoms with Crippen LogP contribution in [0, 0.1) is 6.92 Å². The Kier molecular flexibility index (Phi) is 6.51. The van der Waals surface area contributed by atoms with E-state index in [4.69, 9.17) is 0 Å². The number of ketones is 2. The summed E-state index contributed by atoms with van der Waals surface area (Å²) in [5.74, 6) is -0.0799. The maximum atomic E-state index is 11.1. The van der Waals surface area contributed by atoms with E-state index in [1.807, 2.05) is 18.2 Å². The minimum atomic E-state index is -0.0688. The minimum absolute atomic E-state index is 0.0111. The van der Waals surface area contributed by atoms with Crippen LogP contribution in [-0.4, -0.2) is 11.6 Å². The van der Waals surface area contributed by atoms with Crippen molar-refractivity contribution in [1.29, 1.82) is 0 Å². The van der Waals surface area contributed by atoms with Gasteiger partial charge in [0.15, 0.2) is 11.6 Å². The highest BCUT2D eigenvalue weighted by Crippen LogP contribution is 2.12. The van der Waals surface area contributed by atoms with Gasteiger partial charge < -0.3 is 0 Å². The van der Waals surface area contributed by atoms with Crippen LogP contribution >= 0.6 is 0 Å². The predicted octanol–water partition coefficient (Wildman–Crippen LogP) is 3.81. The van der Waals surface area contributed by atoms with Crippen molar-refractivity contribution in [3.63, 3.8) is 0 Å². The molecule has 2 heteroatoms. The summed E-state index contributed by atoms with van der Waals surface area (Å²) < 4.78 is 0. The summed E-state index contributed by atoms with van der Waals surface area (Å²) in [6.45, 7) is 4.14. The Balaban J connectivity index is 0.000000218. The molecule has 0 spiro atoms. The number of hydrogen-bond acceptors (Lipinski definition) is 2. The number of aryl methyl sites for hydroxylation is 1. The lowest BCUT2D eigenvalue weighted by Gasteiger charge is -2.04. The smallest absolute Gasteiger partial charge is 0.182 e. The molecule has 1 aliphatic carbocycles. The average molecular weight is 256 g/mol. The van der Waals surface area contributed by atoms with E-state index in [1.54, 1.807) is 0 Å². The Morgan fingerprint density at radius 1 is 1.00 bits per heavy atom. The second-order valence-corrected chi connectivity index (χ2v) is 4.53. The Hall–Kier alpha value is -1.96. The molecule has 0 radical (unpaired) electrons. The van der Waals surface area contributed by atoms with Crippen LogP contribution in [0.25, 0.3) is 0 Å². The number of carbonyl (C=O) groups excluding carboxylic acids is 2. The summed E-state index contributed by atoms with van der Waals surface area (Å²) in [5, 5.41) is 0. The predicted molar refractivity (Wildman–Crippen MR) is 77.9 cm³/mol. The molecule has 0 aromatic heterocycles. The molecule has 100 valence electrons. The number of unbranched alkanes of at least 4 members (excludes halogenated alkanes) is 1. The number of carbonyl (C=O) groups is 2. The first-order chi connectivity index (χ1) is 9.13. The SMILES string of the molecule is CCCCC1=CC(=O)C=CC1=O.Cc1ccccc1. The quantitative estimate of drug-likeness (QED) is 0.771. The molecule has 0 aliphatic heterocycles. The molecule has 0 amide bonds. The molecule has 2 nitrogen and oxygen atoms in total. The van der Waals surface area contributed by atoms with Crippen molar-refractivity contribution in [2.45, 2.75) is 33.1 Å². The van der Waals surface area contributed by atoms with Crippen molar-refractivity contribution in [1.82, 2.24) is 0 Å². The highest BCUT2D eigenvalue weighted by Gasteiger charge is 2.11. The van der Waals surface area contributed by atoms with E-state index >= 15 is 0 Å². The highest BCUT2D eigenvalue weighted by atomic mass is 16.1. The number of benzene rings is 1. The van der Waals surface area contributed by atoms with Gasteiger partial charge in [0.2, 0.25) is 0 Å². The van der Waals surface area contributed by atoms with Gasteiger partial charge in [-0.15, -0.1) is 0 Å². The molecule has 19 heavy (non-hydrogen) atoms. The fourth-order valence-electron chi connectivity index (χ4n) is 1.65. The van der Waals surface area contributed by atoms with Crippen molar-refractivity contribution in [2.24, 2.45) is 0 Å². The molecule has 2 rings (SSSR count). The largest absolute Gasteiger partial charge is 0.290 e. The van der Waals surface area contributed by atoms with Crippen LogP contribution in [0.2, 0.25) is 0 Å². The van der Waals surface area contributed by atoms with E-state index in [-0.39, 0.29) is 11.6 Å². The normalized spacial score (nSPS) is 13.7. The first kappa shape index (κ1) is 15.1. The molecule has 0 atom stereocenters. The van der Waals surface area contributed by atoms with Gasteiger partial charge in [-0.3, -0.25) is 9.59 Å². The summed E-state index contributed by atoms with van der Waals surface area (Å²) >= 11 is 0. The van der Waals surface area contributed by atoms with Gasteiger partial charge in [0.1, 0.15) is 0 Å². The topological polar surface area (TPSA) is 34.1 Å². The molecule has 0 N–H and O–H groups in total. The van der Waals surface area contributed by atoms with Crippen molar-refractivity contribution in [2.75, 3.05) is 0 Å². The zero-order valence-corrected chi connectivity index (χ0v) is 11.6. The van der Waals surface area contributed by atoms with E-state index in [0.29, 0.717) is 5.57 Å². The minimum Gasteiger partial charge on any atom is -0.290 e. The Labute approximate surface area is 114 Å². The second kappa shape index (κ2) is 8.20. The van der Waals surface area contributed by atoms with Crippen molar-refractivity contribution >= 4 is 11.6 Å². The summed E-state index contributed by atoms with van der Waals surface area (Å²) in [5.41, 5.74) is 1.98. The van der Waals surface area contributed by atoms with Gasteiger partial charge in [-0.2, -0.15) is 0 Å². The van der Waals surface area contributed by atoms with Gasteiger partial charge >= 0.3 is 0 Å². The molecule has 0 unspecified atom stereocenters. The van der Waals surface area contributed by atoms with E-state index in [1.165, 1.54) is 23.8 Å². The van der Waals surface area contributed by atoms with E-state index in [0.717, 1.165) is 19.3 Å². The highest BCUT2D eigenvalue weighted by molar-refractivity contribution is 6.17. The average Bonchev–Trinajstić information content (AvgIpc) is 2.41. The number of rotatable bonds is 3. The van der Waals surface area contributed by atoms with E-state index < -0.39 is 0 Å². The maximum absolute atomic E-state index is 11.1. The lowest BCUT2D eigenvalue weighted by atomic mass is 9.99. The summed E-state index contributed by atoms with van der Waals surface area (Å²) in [6, 6.07) is 10.3. The Morgan fingerprint density at radius 2 is 1.68 bits per heavy atom. The van der Waals surface area contributed by atoms with Gasteiger partial charge in [0.05, 0.1) is 0 Å². The molecular formula is C17H20O2. The monoisotopic (exact) mass is 256 g/mol. The first-order valence-corrected chi connectivity index (χ1v) is 6.62. The van der Waals surface area contributed by atoms with Crippen molar-refractivity contribution in [3.8, 4) is 0 Å². The molecule has 0 bridgehead atoms. The maximum Gasteiger partial charge on any atom is 0.182 e.